The average Bonchev–Trinajstić information content (AvgIpc) is 3.23. The lowest BCUT2D eigenvalue weighted by Crippen LogP contribution is -2.38. The second kappa shape index (κ2) is 9.58. The molecule has 1 N–H and O–H groups in total. The van der Waals surface area contributed by atoms with Crippen molar-refractivity contribution >= 4 is 17.7 Å². The van der Waals surface area contributed by atoms with Gasteiger partial charge in [0.2, 0.25) is 11.8 Å². The van der Waals surface area contributed by atoms with E-state index < -0.39 is 0 Å². The van der Waals surface area contributed by atoms with Crippen LogP contribution in [-0.4, -0.2) is 64.7 Å². The highest BCUT2D eigenvalue weighted by molar-refractivity contribution is 5.94. The fourth-order valence-electron chi connectivity index (χ4n) is 4.83. The van der Waals surface area contributed by atoms with E-state index in [0.29, 0.717) is 24.3 Å². The predicted molar refractivity (Wildman–Crippen MR) is 113 cm³/mol. The molecule has 30 heavy (non-hydrogen) atoms. The van der Waals surface area contributed by atoms with Crippen LogP contribution in [0.5, 0.6) is 0 Å². The Bertz CT molecular complexity index is 765. The Balaban J connectivity index is 1.24. The molecule has 7 nitrogen and oxygen atoms in total. The van der Waals surface area contributed by atoms with Crippen LogP contribution in [0.25, 0.3) is 0 Å². The van der Waals surface area contributed by atoms with Crippen molar-refractivity contribution in [2.75, 3.05) is 26.2 Å². The van der Waals surface area contributed by atoms with E-state index in [1.807, 2.05) is 21.9 Å². The van der Waals surface area contributed by atoms with E-state index in [9.17, 15) is 14.4 Å². The van der Waals surface area contributed by atoms with E-state index in [2.05, 4.69) is 10.3 Å². The topological polar surface area (TPSA) is 82.6 Å². The highest BCUT2D eigenvalue weighted by atomic mass is 16.2. The van der Waals surface area contributed by atoms with Crippen molar-refractivity contribution < 1.29 is 14.4 Å². The number of hydrogen-bond acceptors (Lipinski definition) is 4. The van der Waals surface area contributed by atoms with Crippen LogP contribution in [0.15, 0.2) is 18.3 Å². The molecule has 4 heterocycles. The molecule has 4 rings (SSSR count). The maximum atomic E-state index is 12.6. The molecule has 3 amide bonds. The Hall–Kier alpha value is -2.44. The van der Waals surface area contributed by atoms with Gasteiger partial charge in [-0.25, -0.2) is 0 Å². The molecule has 0 unspecified atom stereocenters. The standard InChI is InChI=1S/C23H32N4O3/c28-21-8-5-19(25-21)6-9-22(29)26-14-10-17(11-15-26)20-7-4-18(16-24-20)23(30)27-12-2-1-3-13-27/h4,7,16-17,19H,1-3,5-6,8-15H2,(H,25,28)/t19-/m0/s1. The predicted octanol–water partition coefficient (Wildman–Crippen LogP) is 2.47. The molecule has 0 spiro atoms. The number of hydrogen-bond donors (Lipinski definition) is 1. The number of likely N-dealkylation sites (tertiary alicyclic amines) is 2. The second-order valence-electron chi connectivity index (χ2n) is 8.82. The van der Waals surface area contributed by atoms with Crippen molar-refractivity contribution in [3.63, 3.8) is 0 Å². The molecule has 1 aromatic rings. The third-order valence-corrected chi connectivity index (χ3v) is 6.73. The molecule has 3 aliphatic rings. The lowest BCUT2D eigenvalue weighted by atomic mass is 9.92. The molecule has 3 fully saturated rings. The van der Waals surface area contributed by atoms with Gasteiger partial charge in [0.1, 0.15) is 0 Å². The Labute approximate surface area is 178 Å². The van der Waals surface area contributed by atoms with Gasteiger partial charge in [-0.15, -0.1) is 0 Å². The van der Waals surface area contributed by atoms with E-state index in [0.717, 1.165) is 70.4 Å². The molecule has 7 heteroatoms. The van der Waals surface area contributed by atoms with Crippen LogP contribution in [0.4, 0.5) is 0 Å². The first-order valence-corrected chi connectivity index (χ1v) is 11.4. The summed E-state index contributed by atoms with van der Waals surface area (Å²) in [6, 6.07) is 4.06. The summed E-state index contributed by atoms with van der Waals surface area (Å²) >= 11 is 0. The van der Waals surface area contributed by atoms with Gasteiger partial charge < -0.3 is 15.1 Å². The average molecular weight is 413 g/mol. The fraction of sp³-hybridized carbons (Fsp3) is 0.652. The number of aromatic nitrogens is 1. The van der Waals surface area contributed by atoms with Gasteiger partial charge in [0, 0.05) is 62.9 Å². The highest BCUT2D eigenvalue weighted by Gasteiger charge is 2.27. The van der Waals surface area contributed by atoms with Crippen molar-refractivity contribution in [1.29, 1.82) is 0 Å². The van der Waals surface area contributed by atoms with E-state index in [1.165, 1.54) is 6.42 Å². The van der Waals surface area contributed by atoms with Crippen LogP contribution in [0, 0.1) is 0 Å². The molecular weight excluding hydrogens is 380 g/mol. The Morgan fingerprint density at radius 3 is 2.40 bits per heavy atom. The summed E-state index contributed by atoms with van der Waals surface area (Å²) in [5.74, 6) is 0.712. The summed E-state index contributed by atoms with van der Waals surface area (Å²) in [6.07, 6.45) is 9.57. The summed E-state index contributed by atoms with van der Waals surface area (Å²) in [5, 5.41) is 2.93. The minimum Gasteiger partial charge on any atom is -0.353 e. The highest BCUT2D eigenvalue weighted by Crippen LogP contribution is 2.27. The molecule has 1 atom stereocenters. The Morgan fingerprint density at radius 1 is 1.00 bits per heavy atom. The van der Waals surface area contributed by atoms with Crippen LogP contribution in [0.1, 0.15) is 79.8 Å². The molecule has 0 radical (unpaired) electrons. The smallest absolute Gasteiger partial charge is 0.255 e. The van der Waals surface area contributed by atoms with Gasteiger partial charge in [-0.05, 0) is 57.1 Å². The van der Waals surface area contributed by atoms with Crippen molar-refractivity contribution in [2.24, 2.45) is 0 Å². The number of rotatable bonds is 5. The van der Waals surface area contributed by atoms with Gasteiger partial charge in [-0.1, -0.05) is 0 Å². The number of nitrogens with one attached hydrogen (secondary N) is 1. The maximum Gasteiger partial charge on any atom is 0.255 e. The molecule has 0 aliphatic carbocycles. The van der Waals surface area contributed by atoms with E-state index >= 15 is 0 Å². The number of carbonyl (C=O) groups is 3. The zero-order chi connectivity index (χ0) is 20.9. The van der Waals surface area contributed by atoms with Gasteiger partial charge in [0.15, 0.2) is 0 Å². The summed E-state index contributed by atoms with van der Waals surface area (Å²) in [6.45, 7) is 3.19. The van der Waals surface area contributed by atoms with Crippen molar-refractivity contribution in [3.8, 4) is 0 Å². The minimum atomic E-state index is 0.0904. The Morgan fingerprint density at radius 2 is 1.77 bits per heavy atom. The number of pyridine rings is 1. The molecule has 0 aromatic carbocycles. The van der Waals surface area contributed by atoms with Crippen LogP contribution >= 0.6 is 0 Å². The monoisotopic (exact) mass is 412 g/mol. The largest absolute Gasteiger partial charge is 0.353 e. The molecule has 1 aromatic heterocycles. The lowest BCUT2D eigenvalue weighted by molar-refractivity contribution is -0.132. The quantitative estimate of drug-likeness (QED) is 0.805. The summed E-state index contributed by atoms with van der Waals surface area (Å²) in [4.78, 5) is 44.9. The van der Waals surface area contributed by atoms with Crippen LogP contribution in [0.2, 0.25) is 0 Å². The zero-order valence-corrected chi connectivity index (χ0v) is 17.6. The lowest BCUT2D eigenvalue weighted by Gasteiger charge is -2.32. The van der Waals surface area contributed by atoms with Gasteiger partial charge in [-0.3, -0.25) is 19.4 Å². The van der Waals surface area contributed by atoms with Gasteiger partial charge in [0.25, 0.3) is 5.91 Å². The number of nitrogens with zero attached hydrogens (tertiary/aromatic N) is 3. The van der Waals surface area contributed by atoms with Gasteiger partial charge in [0.05, 0.1) is 5.56 Å². The van der Waals surface area contributed by atoms with Crippen LogP contribution < -0.4 is 5.32 Å². The van der Waals surface area contributed by atoms with E-state index in [-0.39, 0.29) is 23.8 Å². The normalized spacial score (nSPS) is 22.8. The van der Waals surface area contributed by atoms with E-state index in [1.54, 1.807) is 6.20 Å². The molecular formula is C23H32N4O3. The Kier molecular flexibility index (Phi) is 6.65. The van der Waals surface area contributed by atoms with Crippen LogP contribution in [-0.2, 0) is 9.59 Å². The number of amides is 3. The zero-order valence-electron chi connectivity index (χ0n) is 17.6. The van der Waals surface area contributed by atoms with Gasteiger partial charge in [-0.2, -0.15) is 0 Å². The summed E-state index contributed by atoms with van der Waals surface area (Å²) < 4.78 is 0. The molecule has 0 saturated carbocycles. The first kappa shape index (κ1) is 20.8. The third kappa shape index (κ3) is 4.99. The second-order valence-corrected chi connectivity index (χ2v) is 8.82. The van der Waals surface area contributed by atoms with Crippen LogP contribution in [0.3, 0.4) is 0 Å². The minimum absolute atomic E-state index is 0.0904. The number of piperidine rings is 2. The third-order valence-electron chi connectivity index (χ3n) is 6.73. The van der Waals surface area contributed by atoms with Crippen molar-refractivity contribution in [1.82, 2.24) is 20.1 Å². The summed E-state index contributed by atoms with van der Waals surface area (Å²) in [7, 11) is 0. The maximum absolute atomic E-state index is 12.6. The molecule has 3 saturated heterocycles. The molecule has 0 bridgehead atoms. The summed E-state index contributed by atoms with van der Waals surface area (Å²) in [5.41, 5.74) is 1.69. The van der Waals surface area contributed by atoms with Crippen molar-refractivity contribution in [2.45, 2.75) is 69.7 Å². The SMILES string of the molecule is O=C1CC[C@@H](CCC(=O)N2CCC(c3ccc(C(=O)N4CCCCC4)cn3)CC2)N1. The fourth-order valence-corrected chi connectivity index (χ4v) is 4.83. The number of carbonyl (C=O) groups excluding carboxylic acids is 3. The molecule has 3 aliphatic heterocycles. The first-order valence-electron chi connectivity index (χ1n) is 11.4. The van der Waals surface area contributed by atoms with Crippen molar-refractivity contribution in [3.05, 3.63) is 29.6 Å². The van der Waals surface area contributed by atoms with Gasteiger partial charge >= 0.3 is 0 Å². The molecule has 162 valence electrons. The first-order chi connectivity index (χ1) is 14.6. The van der Waals surface area contributed by atoms with E-state index in [4.69, 9.17) is 0 Å².